The maximum Gasteiger partial charge on any atom is 0.122 e. The van der Waals surface area contributed by atoms with Gasteiger partial charge in [-0.1, -0.05) is 258 Å². The SMILES string of the molecule is C.C.C1CC2CC1CN2.C1CC2CCC(C1)N2.C1CC2CCC1C2.C1CC2CCC1CC2.C1CC2CCC1CN2.C1CCCCC1.C1CCNCC1.C1CCOCC1.C1CN2CCOCC2CN1.C1NCC12CNC2.c1ccc2c(c1)CCN2.c1ccc2c(c1)CCNC2.c1ccc2c(c1)CCO2.c1ccc2c(c1)CCS2.c1ccc2c(c1)CNC2.c1ccc2c(c1)COC2. The van der Waals surface area contributed by atoms with Gasteiger partial charge >= 0.3 is 0 Å². The van der Waals surface area contributed by atoms with E-state index in [0.29, 0.717) is 6.04 Å². The summed E-state index contributed by atoms with van der Waals surface area (Å²) in [7, 11) is 0. The summed E-state index contributed by atoms with van der Waals surface area (Å²) in [4.78, 5) is 4.00. The summed E-state index contributed by atoms with van der Waals surface area (Å²) >= 11 is 1.97. The average molecular weight is 1800 g/mol. The molecule has 31 rings (SSSR count). The number of nitrogens with one attached hydrogen (secondary N) is 10. The van der Waals surface area contributed by atoms with E-state index >= 15 is 0 Å². The Bertz CT molecular complexity index is 3270. The molecule has 11 saturated heterocycles. The number of morpholine rings is 1. The summed E-state index contributed by atoms with van der Waals surface area (Å²) in [6, 6.07) is 55.1. The Morgan fingerprint density at radius 2 is 0.815 bits per heavy atom. The summed E-state index contributed by atoms with van der Waals surface area (Å²) in [6.07, 6.45) is 56.6. The summed E-state index contributed by atoms with van der Waals surface area (Å²) in [5.74, 6) is 9.09. The number of benzene rings is 6. The first-order valence-electron chi connectivity index (χ1n) is 52.8. The molecule has 130 heavy (non-hydrogen) atoms. The van der Waals surface area contributed by atoms with Gasteiger partial charge in [0.05, 0.1) is 33.0 Å². The number of para-hydroxylation sites is 2. The van der Waals surface area contributed by atoms with Crippen LogP contribution >= 0.6 is 11.8 Å². The molecule has 5 unspecified atom stereocenters. The van der Waals surface area contributed by atoms with E-state index in [4.69, 9.17) is 18.9 Å². The predicted octanol–water partition coefficient (Wildman–Crippen LogP) is 22.0. The molecule has 0 amide bonds. The summed E-state index contributed by atoms with van der Waals surface area (Å²) in [5.41, 5.74) is 15.0. The second-order valence-electron chi connectivity index (χ2n) is 40.9. The molecule has 722 valence electrons. The number of thioether (sulfide) groups is 1. The molecule has 0 aromatic heterocycles. The number of anilines is 1. The Morgan fingerprint density at radius 3 is 1.25 bits per heavy atom. The number of piperazine rings is 1. The fourth-order valence-electron chi connectivity index (χ4n) is 22.8. The van der Waals surface area contributed by atoms with E-state index in [2.05, 4.69) is 173 Å². The highest BCUT2D eigenvalue weighted by Gasteiger charge is 2.42. The second kappa shape index (κ2) is 60.4. The smallest absolute Gasteiger partial charge is 0.122 e. The van der Waals surface area contributed by atoms with E-state index in [0.717, 1.165) is 164 Å². The molecular weight excluding hydrogens is 1620 g/mol. The van der Waals surface area contributed by atoms with Crippen LogP contribution in [0.5, 0.6) is 5.75 Å². The van der Waals surface area contributed by atoms with Crippen LogP contribution in [0, 0.1) is 40.9 Å². The minimum atomic E-state index is 0. The van der Waals surface area contributed by atoms with E-state index in [1.165, 1.54) is 311 Å². The molecule has 0 radical (unpaired) electrons. The quantitative estimate of drug-likeness (QED) is 0.0699. The normalized spacial score (nSPS) is 27.9. The molecule has 6 aromatic carbocycles. The molecular formula is C114H181N11O4S. The van der Waals surface area contributed by atoms with Crippen molar-refractivity contribution in [2.45, 2.75) is 333 Å². The maximum atomic E-state index is 5.36. The number of hydrogen-bond donors (Lipinski definition) is 10. The Hall–Kier alpha value is -5.25. The molecule has 15 nitrogen and oxygen atoms in total. The third kappa shape index (κ3) is 36.7. The van der Waals surface area contributed by atoms with Gasteiger partial charge in [0, 0.05) is 150 Å². The average Bonchev–Trinajstić information content (AvgIpc) is 1.12. The van der Waals surface area contributed by atoms with E-state index in [-0.39, 0.29) is 14.9 Å². The highest BCUT2D eigenvalue weighted by molar-refractivity contribution is 7.99. The molecule has 1 spiro atoms. The third-order valence-corrected chi connectivity index (χ3v) is 32.3. The summed E-state index contributed by atoms with van der Waals surface area (Å²) in [6.45, 7) is 26.4. The fourth-order valence-corrected chi connectivity index (χ4v) is 23.8. The molecule has 5 atom stereocenters. The zero-order valence-corrected chi connectivity index (χ0v) is 80.3. The summed E-state index contributed by atoms with van der Waals surface area (Å²) in [5, 5.41) is 33.7. The molecule has 17 aliphatic heterocycles. The van der Waals surface area contributed by atoms with Gasteiger partial charge in [0.25, 0.3) is 0 Å². The van der Waals surface area contributed by atoms with Crippen LogP contribution in [0.3, 0.4) is 0 Å². The lowest BCUT2D eigenvalue weighted by molar-refractivity contribution is -0.0168. The molecule has 17 heterocycles. The van der Waals surface area contributed by atoms with Crippen molar-refractivity contribution in [2.75, 3.05) is 136 Å². The Kier molecular flexibility index (Phi) is 48.1. The third-order valence-electron chi connectivity index (χ3n) is 31.2. The van der Waals surface area contributed by atoms with Gasteiger partial charge in [0.15, 0.2) is 0 Å². The van der Waals surface area contributed by atoms with E-state index < -0.39 is 0 Å². The first-order chi connectivity index (χ1) is 63.4. The predicted molar refractivity (Wildman–Crippen MR) is 550 cm³/mol. The molecule has 6 aromatic rings. The zero-order valence-electron chi connectivity index (χ0n) is 79.5. The van der Waals surface area contributed by atoms with Crippen LogP contribution in [-0.4, -0.2) is 166 Å². The van der Waals surface area contributed by atoms with Gasteiger partial charge < -0.3 is 72.1 Å². The molecule has 16 heteroatoms. The minimum Gasteiger partial charge on any atom is -0.493 e. The van der Waals surface area contributed by atoms with Gasteiger partial charge in [-0.05, 0) is 265 Å². The van der Waals surface area contributed by atoms with Crippen molar-refractivity contribution in [2.24, 2.45) is 40.9 Å². The van der Waals surface area contributed by atoms with Crippen molar-refractivity contribution in [1.29, 1.82) is 0 Å². The number of ether oxygens (including phenoxy) is 4. The van der Waals surface area contributed by atoms with Gasteiger partial charge in [-0.15, -0.1) is 11.8 Å². The lowest BCUT2D eigenvalue weighted by Gasteiger charge is -2.50. The first kappa shape index (κ1) is 104. The molecule has 19 fully saturated rings. The van der Waals surface area contributed by atoms with Crippen LogP contribution in [-0.2, 0) is 72.7 Å². The van der Waals surface area contributed by atoms with Crippen molar-refractivity contribution in [3.8, 4) is 5.75 Å². The molecule has 10 bridgehead atoms. The lowest BCUT2D eigenvalue weighted by Crippen LogP contribution is -2.69. The van der Waals surface area contributed by atoms with Crippen molar-refractivity contribution in [3.63, 3.8) is 0 Å². The minimum absolute atomic E-state index is 0. The van der Waals surface area contributed by atoms with Gasteiger partial charge in [-0.3, -0.25) is 4.90 Å². The second-order valence-corrected chi connectivity index (χ2v) is 42.1. The van der Waals surface area contributed by atoms with E-state index in [9.17, 15) is 0 Å². The van der Waals surface area contributed by atoms with E-state index in [1.807, 2.05) is 42.1 Å². The number of rotatable bonds is 0. The van der Waals surface area contributed by atoms with Crippen molar-refractivity contribution >= 4 is 17.4 Å². The Balaban J connectivity index is 0.000000126. The van der Waals surface area contributed by atoms with Crippen LogP contribution < -0.4 is 57.9 Å². The Morgan fingerprint density at radius 1 is 0.315 bits per heavy atom. The maximum absolute atomic E-state index is 5.36. The molecule has 8 saturated carbocycles. The number of hydrogen-bond acceptors (Lipinski definition) is 16. The van der Waals surface area contributed by atoms with Crippen LogP contribution in [0.1, 0.15) is 290 Å². The fraction of sp³-hybridized carbons (Fsp3) is 0.684. The van der Waals surface area contributed by atoms with E-state index in [1.54, 1.807) is 70.6 Å². The van der Waals surface area contributed by atoms with Crippen molar-refractivity contribution in [1.82, 2.24) is 52.8 Å². The number of piperidine rings is 5. The standard InChI is InChI=1S/C9H11N.2C8H9N.2C8H8O.C8H8S.C8H14.C7H14N2O.2C7H13N.C7H12.C6H11N.C6H12.C5H10N2.C5H11N.C5H10O.2CH4/c1-2-4-9-7-10-6-5-8(9)3-1;1-2-4-8-6-9-5-7(8)3-1;1-2-4-8-7(3-1)5-6-9-8;1-2-4-8-6-9-5-7(8)3-1;2*1-2-4-8-7(3-1)5-6-9-8;1-2-8-5-3-7(1)4-6-8;1-2-9-3-4-10-6-7(9)5-8-1;1-3-7-4-2-6(1)5-8-7;1-2-6-4-5-7(3-1)8-6;1-2-7-4-3-6(1)5-7;1-2-6-3-5(1)4-7-6;1-2-4-6-5-3-1;1-5(2-6-1)3-7-4-5;2*1-2-4-6-5-3-1;;/h1-4,10H,5-7H2;2*1-4,9H,5-6H2;3*1-4H,5-6H2;7-8H,1-6H2;7-8H,1-6H2;2*6-8H,1-5H2;6-7H,1-5H2;5-7H,1-4H2;1-6H2;6-7H,1-4H2;6H,1-5H2;1-5H2;2*1H4. The number of aryl methyl sites for hydroxylation is 1. The topological polar surface area (TPSA) is 160 Å². The summed E-state index contributed by atoms with van der Waals surface area (Å²) < 4.78 is 20.9. The zero-order chi connectivity index (χ0) is 87.2. The molecule has 10 N–H and O–H groups in total. The van der Waals surface area contributed by atoms with Crippen LogP contribution in [0.15, 0.2) is 150 Å². The highest BCUT2D eigenvalue weighted by atomic mass is 32.2. The lowest BCUT2D eigenvalue weighted by atomic mass is 9.71. The molecule has 8 aliphatic carbocycles. The van der Waals surface area contributed by atoms with Crippen LogP contribution in [0.4, 0.5) is 5.69 Å². The number of nitrogens with zero attached hydrogens (tertiary/aromatic N) is 1. The van der Waals surface area contributed by atoms with Gasteiger partial charge in [-0.25, -0.2) is 0 Å². The van der Waals surface area contributed by atoms with Crippen molar-refractivity contribution < 1.29 is 18.9 Å². The molecule has 25 aliphatic rings. The van der Waals surface area contributed by atoms with Gasteiger partial charge in [0.2, 0.25) is 0 Å². The van der Waals surface area contributed by atoms with Crippen LogP contribution in [0.2, 0.25) is 0 Å². The first-order valence-corrected chi connectivity index (χ1v) is 53.8. The monoisotopic (exact) mass is 1800 g/mol. The Labute approximate surface area is 795 Å². The largest absolute Gasteiger partial charge is 0.493 e. The van der Waals surface area contributed by atoms with Gasteiger partial charge in [-0.2, -0.15) is 0 Å². The van der Waals surface area contributed by atoms with Crippen molar-refractivity contribution in [3.05, 3.63) is 196 Å². The van der Waals surface area contributed by atoms with Gasteiger partial charge in [0.1, 0.15) is 5.75 Å². The van der Waals surface area contributed by atoms with Crippen LogP contribution in [0.25, 0.3) is 0 Å². The highest BCUT2D eigenvalue weighted by Crippen LogP contribution is 2.44. The number of fused-ring (bicyclic) bond motifs is 19.